The molecule has 0 bridgehead atoms. The SMILES string of the molecule is c1ccc(-c2nc(-c3ccc4cc(-c5ccc(-n6c7ccccc7c7ccccc76)cc5)ccc4c3)cc(-c3cccc4c(-c5ccccc5)cccc34)n2)cc1. The van der Waals surface area contributed by atoms with Crippen molar-refractivity contribution in [3.05, 3.63) is 212 Å². The molecule has 3 heteroatoms. The van der Waals surface area contributed by atoms with Gasteiger partial charge < -0.3 is 4.57 Å². The molecule has 11 aromatic rings. The molecule has 57 heavy (non-hydrogen) atoms. The van der Waals surface area contributed by atoms with E-state index in [1.807, 2.05) is 18.2 Å². The van der Waals surface area contributed by atoms with E-state index in [1.54, 1.807) is 0 Å². The summed E-state index contributed by atoms with van der Waals surface area (Å²) in [7, 11) is 0. The third kappa shape index (κ3) is 5.76. The van der Waals surface area contributed by atoms with Crippen molar-refractivity contribution in [3.8, 4) is 61.8 Å². The zero-order chi connectivity index (χ0) is 37.7. The second-order valence-corrected chi connectivity index (χ2v) is 14.6. The van der Waals surface area contributed by atoms with Gasteiger partial charge in [0.05, 0.1) is 22.4 Å². The van der Waals surface area contributed by atoms with Crippen LogP contribution in [0.4, 0.5) is 0 Å². The topological polar surface area (TPSA) is 30.7 Å². The van der Waals surface area contributed by atoms with Crippen molar-refractivity contribution in [2.24, 2.45) is 0 Å². The third-order valence-corrected chi connectivity index (χ3v) is 11.2. The van der Waals surface area contributed by atoms with Crippen molar-refractivity contribution in [2.45, 2.75) is 0 Å². The van der Waals surface area contributed by atoms with Gasteiger partial charge in [0.2, 0.25) is 0 Å². The smallest absolute Gasteiger partial charge is 0.160 e. The van der Waals surface area contributed by atoms with E-state index < -0.39 is 0 Å². The van der Waals surface area contributed by atoms with Crippen molar-refractivity contribution in [1.82, 2.24) is 14.5 Å². The number of nitrogens with zero attached hydrogens (tertiary/aromatic N) is 3. The first-order valence-corrected chi connectivity index (χ1v) is 19.4. The molecule has 9 aromatic carbocycles. The predicted molar refractivity (Wildman–Crippen MR) is 239 cm³/mol. The standard InChI is InChI=1S/C54H35N3/c1-3-13-37(14-4-1)44-19-11-21-46-45(44)20-12-22-47(46)51-35-50(55-54(56-51)38-15-5-2-6-16-38)42-28-27-40-33-39(25-26-41(40)34-42)36-29-31-43(32-30-36)57-52-23-9-7-17-48(52)49-18-8-10-24-53(49)57/h1-35H. The zero-order valence-corrected chi connectivity index (χ0v) is 31.0. The molecule has 0 radical (unpaired) electrons. The van der Waals surface area contributed by atoms with Gasteiger partial charge in [-0.05, 0) is 86.3 Å². The Hall–Kier alpha value is -7.62. The van der Waals surface area contributed by atoms with Crippen LogP contribution in [-0.4, -0.2) is 14.5 Å². The molecule has 266 valence electrons. The minimum Gasteiger partial charge on any atom is -0.309 e. The molecule has 0 saturated carbocycles. The van der Waals surface area contributed by atoms with Crippen LogP contribution in [0.1, 0.15) is 0 Å². The molecule has 0 N–H and O–H groups in total. The summed E-state index contributed by atoms with van der Waals surface area (Å²) in [5, 5.41) is 7.25. The molecule has 2 heterocycles. The molecule has 0 saturated heterocycles. The summed E-state index contributed by atoms with van der Waals surface area (Å²) >= 11 is 0. The molecule has 0 aliphatic rings. The molecular weight excluding hydrogens is 691 g/mol. The normalized spacial score (nSPS) is 11.5. The van der Waals surface area contributed by atoms with Gasteiger partial charge in [0, 0.05) is 33.2 Å². The number of fused-ring (bicyclic) bond motifs is 5. The lowest BCUT2D eigenvalue weighted by molar-refractivity contribution is 1.18. The number of rotatable bonds is 6. The Morgan fingerprint density at radius 1 is 0.298 bits per heavy atom. The molecule has 2 aromatic heterocycles. The molecule has 0 amide bonds. The van der Waals surface area contributed by atoms with Crippen molar-refractivity contribution in [3.63, 3.8) is 0 Å². The van der Waals surface area contributed by atoms with Crippen LogP contribution in [0.2, 0.25) is 0 Å². The maximum atomic E-state index is 5.20. The van der Waals surface area contributed by atoms with Crippen LogP contribution in [0.5, 0.6) is 0 Å². The number of aromatic nitrogens is 3. The second-order valence-electron chi connectivity index (χ2n) is 14.6. The van der Waals surface area contributed by atoms with Gasteiger partial charge in [-0.1, -0.05) is 170 Å². The summed E-state index contributed by atoms with van der Waals surface area (Å²) in [5.74, 6) is 0.708. The Morgan fingerprint density at radius 3 is 1.49 bits per heavy atom. The fourth-order valence-electron chi connectivity index (χ4n) is 8.44. The first-order chi connectivity index (χ1) is 28.2. The lowest BCUT2D eigenvalue weighted by atomic mass is 9.94. The molecule has 11 rings (SSSR count). The van der Waals surface area contributed by atoms with Crippen molar-refractivity contribution in [2.75, 3.05) is 0 Å². The molecule has 0 unspecified atom stereocenters. The van der Waals surface area contributed by atoms with Crippen LogP contribution < -0.4 is 0 Å². The highest BCUT2D eigenvalue weighted by atomic mass is 15.0. The Labute approximate surface area is 330 Å². The molecule has 0 spiro atoms. The fourth-order valence-corrected chi connectivity index (χ4v) is 8.44. The summed E-state index contributed by atoms with van der Waals surface area (Å²) in [6.45, 7) is 0. The highest BCUT2D eigenvalue weighted by Crippen LogP contribution is 2.37. The average molecular weight is 726 g/mol. The van der Waals surface area contributed by atoms with Gasteiger partial charge in [-0.2, -0.15) is 0 Å². The number of benzene rings is 9. The summed E-state index contributed by atoms with van der Waals surface area (Å²) in [6.07, 6.45) is 0. The van der Waals surface area contributed by atoms with Gasteiger partial charge in [0.1, 0.15) is 0 Å². The van der Waals surface area contributed by atoms with E-state index >= 15 is 0 Å². The van der Waals surface area contributed by atoms with Gasteiger partial charge >= 0.3 is 0 Å². The van der Waals surface area contributed by atoms with E-state index in [0.717, 1.165) is 44.5 Å². The summed E-state index contributed by atoms with van der Waals surface area (Å²) in [6, 6.07) is 75.7. The lowest BCUT2D eigenvalue weighted by Gasteiger charge is -2.14. The maximum Gasteiger partial charge on any atom is 0.160 e. The monoisotopic (exact) mass is 725 g/mol. The van der Waals surface area contributed by atoms with Gasteiger partial charge in [-0.3, -0.25) is 0 Å². The van der Waals surface area contributed by atoms with Gasteiger partial charge in [-0.25, -0.2) is 9.97 Å². The molecule has 0 aliphatic carbocycles. The zero-order valence-electron chi connectivity index (χ0n) is 31.0. The summed E-state index contributed by atoms with van der Waals surface area (Å²) < 4.78 is 2.36. The van der Waals surface area contributed by atoms with Crippen molar-refractivity contribution < 1.29 is 0 Å². The minimum atomic E-state index is 0.708. The van der Waals surface area contributed by atoms with E-state index in [0.29, 0.717) is 5.82 Å². The van der Waals surface area contributed by atoms with Crippen LogP contribution in [-0.2, 0) is 0 Å². The van der Waals surface area contributed by atoms with Crippen LogP contribution >= 0.6 is 0 Å². The Bertz CT molecular complexity index is 3220. The first kappa shape index (κ1) is 32.8. The Balaban J connectivity index is 0.972. The van der Waals surface area contributed by atoms with E-state index in [1.165, 1.54) is 54.8 Å². The van der Waals surface area contributed by atoms with Crippen LogP contribution in [0, 0.1) is 0 Å². The molecule has 0 aliphatic heterocycles. The van der Waals surface area contributed by atoms with Crippen molar-refractivity contribution in [1.29, 1.82) is 0 Å². The highest BCUT2D eigenvalue weighted by molar-refractivity contribution is 6.09. The fraction of sp³-hybridized carbons (Fsp3) is 0. The maximum absolute atomic E-state index is 5.20. The van der Waals surface area contributed by atoms with E-state index in [-0.39, 0.29) is 0 Å². The third-order valence-electron chi connectivity index (χ3n) is 11.2. The average Bonchev–Trinajstić information content (AvgIpc) is 3.63. The number of hydrogen-bond donors (Lipinski definition) is 0. The summed E-state index contributed by atoms with van der Waals surface area (Å²) in [5.41, 5.74) is 13.3. The van der Waals surface area contributed by atoms with Gasteiger partial charge in [0.15, 0.2) is 5.82 Å². The van der Waals surface area contributed by atoms with E-state index in [9.17, 15) is 0 Å². The first-order valence-electron chi connectivity index (χ1n) is 19.4. The number of hydrogen-bond acceptors (Lipinski definition) is 2. The second kappa shape index (κ2) is 13.6. The highest BCUT2D eigenvalue weighted by Gasteiger charge is 2.16. The van der Waals surface area contributed by atoms with Gasteiger partial charge in [-0.15, -0.1) is 0 Å². The Morgan fingerprint density at radius 2 is 0.807 bits per heavy atom. The van der Waals surface area contributed by atoms with Crippen LogP contribution in [0.25, 0.3) is 105 Å². The molecular formula is C54H35N3. The lowest BCUT2D eigenvalue weighted by Crippen LogP contribution is -1.96. The van der Waals surface area contributed by atoms with E-state index in [4.69, 9.17) is 9.97 Å². The minimum absolute atomic E-state index is 0.708. The predicted octanol–water partition coefficient (Wildman–Crippen LogP) is 14.2. The quantitative estimate of drug-likeness (QED) is 0.171. The van der Waals surface area contributed by atoms with Crippen molar-refractivity contribution >= 4 is 43.4 Å². The number of para-hydroxylation sites is 2. The largest absolute Gasteiger partial charge is 0.309 e. The Kier molecular flexibility index (Phi) is 7.82. The van der Waals surface area contributed by atoms with Crippen LogP contribution in [0.15, 0.2) is 212 Å². The van der Waals surface area contributed by atoms with E-state index in [2.05, 4.69) is 199 Å². The molecule has 0 atom stereocenters. The van der Waals surface area contributed by atoms with Gasteiger partial charge in [0.25, 0.3) is 0 Å². The van der Waals surface area contributed by atoms with Crippen LogP contribution in [0.3, 0.4) is 0 Å². The summed E-state index contributed by atoms with van der Waals surface area (Å²) in [4.78, 5) is 10.4. The molecule has 3 nitrogen and oxygen atoms in total. The molecule has 0 fully saturated rings.